The van der Waals surface area contributed by atoms with Gasteiger partial charge >= 0.3 is 0 Å². The topological polar surface area (TPSA) is 86.8 Å². The SMILES string of the molecule is CCNC(=O)C(C)N(Cc1ccccc1F)C(=O)CN(c1ccc(C)cc1C)S(=O)(=O)c1ccc(C)cc1. The highest BCUT2D eigenvalue weighted by Crippen LogP contribution is 2.28. The van der Waals surface area contributed by atoms with Crippen molar-refractivity contribution in [3.8, 4) is 0 Å². The van der Waals surface area contributed by atoms with Crippen LogP contribution in [-0.2, 0) is 26.2 Å². The van der Waals surface area contributed by atoms with E-state index in [4.69, 9.17) is 0 Å². The number of rotatable bonds is 10. The van der Waals surface area contributed by atoms with E-state index in [0.717, 1.165) is 15.4 Å². The number of likely N-dealkylation sites (N-methyl/N-ethyl adjacent to an activating group) is 1. The molecule has 9 heteroatoms. The van der Waals surface area contributed by atoms with Crippen LogP contribution in [0.15, 0.2) is 71.6 Å². The van der Waals surface area contributed by atoms with Gasteiger partial charge in [-0.15, -0.1) is 0 Å². The Morgan fingerprint density at radius 2 is 1.58 bits per heavy atom. The van der Waals surface area contributed by atoms with E-state index >= 15 is 0 Å². The number of hydrogen-bond donors (Lipinski definition) is 1. The normalized spacial score (nSPS) is 12.1. The van der Waals surface area contributed by atoms with Gasteiger partial charge in [-0.1, -0.05) is 53.6 Å². The molecule has 0 fully saturated rings. The zero-order valence-corrected chi connectivity index (χ0v) is 23.2. The highest BCUT2D eigenvalue weighted by atomic mass is 32.2. The van der Waals surface area contributed by atoms with Crippen LogP contribution in [0.4, 0.5) is 10.1 Å². The van der Waals surface area contributed by atoms with Crippen molar-refractivity contribution in [1.29, 1.82) is 0 Å². The van der Waals surface area contributed by atoms with Gasteiger partial charge < -0.3 is 10.2 Å². The minimum Gasteiger partial charge on any atom is -0.355 e. The number of carbonyl (C=O) groups excluding carboxylic acids is 2. The molecule has 1 unspecified atom stereocenters. The molecule has 0 heterocycles. The molecule has 1 N–H and O–H groups in total. The molecule has 0 aromatic heterocycles. The molecule has 3 aromatic rings. The minimum absolute atomic E-state index is 0.0355. The van der Waals surface area contributed by atoms with Crippen molar-refractivity contribution in [1.82, 2.24) is 10.2 Å². The average molecular weight is 540 g/mol. The number of anilines is 1. The molecule has 0 spiro atoms. The molecule has 7 nitrogen and oxygen atoms in total. The van der Waals surface area contributed by atoms with Crippen molar-refractivity contribution in [2.45, 2.75) is 52.1 Å². The van der Waals surface area contributed by atoms with Crippen molar-refractivity contribution >= 4 is 27.5 Å². The molecule has 1 atom stereocenters. The molecular formula is C29H34FN3O4S. The monoisotopic (exact) mass is 539 g/mol. The molecule has 202 valence electrons. The Morgan fingerprint density at radius 3 is 2.18 bits per heavy atom. The first kappa shape index (κ1) is 28.8. The number of nitrogens with zero attached hydrogens (tertiary/aromatic N) is 2. The number of nitrogens with one attached hydrogen (secondary N) is 1. The van der Waals surface area contributed by atoms with E-state index in [1.807, 2.05) is 19.9 Å². The number of aryl methyl sites for hydroxylation is 3. The fourth-order valence-electron chi connectivity index (χ4n) is 4.15. The summed E-state index contributed by atoms with van der Waals surface area (Å²) in [7, 11) is -4.16. The van der Waals surface area contributed by atoms with E-state index in [1.54, 1.807) is 51.1 Å². The summed E-state index contributed by atoms with van der Waals surface area (Å²) in [6.45, 7) is 8.40. The van der Waals surface area contributed by atoms with Crippen LogP contribution in [-0.4, -0.2) is 44.3 Å². The maximum absolute atomic E-state index is 14.5. The van der Waals surface area contributed by atoms with Crippen molar-refractivity contribution in [3.63, 3.8) is 0 Å². The number of hydrogen-bond acceptors (Lipinski definition) is 4. The van der Waals surface area contributed by atoms with Gasteiger partial charge in [-0.25, -0.2) is 12.8 Å². The fraction of sp³-hybridized carbons (Fsp3) is 0.310. The van der Waals surface area contributed by atoms with Crippen LogP contribution >= 0.6 is 0 Å². The third kappa shape index (κ3) is 6.58. The molecule has 0 aliphatic heterocycles. The lowest BCUT2D eigenvalue weighted by Crippen LogP contribution is -2.51. The Morgan fingerprint density at radius 1 is 0.947 bits per heavy atom. The summed E-state index contributed by atoms with van der Waals surface area (Å²) in [4.78, 5) is 27.8. The van der Waals surface area contributed by atoms with Gasteiger partial charge in [0.2, 0.25) is 11.8 Å². The molecule has 0 aliphatic rings. The number of sulfonamides is 1. The summed E-state index contributed by atoms with van der Waals surface area (Å²) in [6, 6.07) is 16.7. The van der Waals surface area contributed by atoms with Gasteiger partial charge in [0.05, 0.1) is 10.6 Å². The molecule has 38 heavy (non-hydrogen) atoms. The maximum atomic E-state index is 14.5. The molecule has 0 saturated heterocycles. The first-order valence-corrected chi connectivity index (χ1v) is 13.9. The lowest BCUT2D eigenvalue weighted by atomic mass is 10.1. The Hall–Kier alpha value is -3.72. The van der Waals surface area contributed by atoms with Crippen molar-refractivity contribution < 1.29 is 22.4 Å². The van der Waals surface area contributed by atoms with E-state index in [0.29, 0.717) is 17.8 Å². The Labute approximate surface area is 224 Å². The first-order valence-electron chi connectivity index (χ1n) is 12.4. The zero-order valence-electron chi connectivity index (χ0n) is 22.4. The van der Waals surface area contributed by atoms with Crippen LogP contribution in [0.2, 0.25) is 0 Å². The molecule has 3 rings (SSSR count). The summed E-state index contributed by atoms with van der Waals surface area (Å²) in [5.41, 5.74) is 3.07. The molecule has 0 aliphatic carbocycles. The average Bonchev–Trinajstić information content (AvgIpc) is 2.87. The lowest BCUT2D eigenvalue weighted by Gasteiger charge is -2.32. The highest BCUT2D eigenvalue weighted by Gasteiger charge is 2.33. The number of benzene rings is 3. The standard InChI is InChI=1S/C29H34FN3O4S/c1-6-31-29(35)23(5)32(18-24-9-7-8-10-26(24)30)28(34)19-33(27-16-13-21(3)17-22(27)4)38(36,37)25-14-11-20(2)12-15-25/h7-17,23H,6,18-19H2,1-5H3,(H,31,35). The lowest BCUT2D eigenvalue weighted by molar-refractivity contribution is -0.139. The van der Waals surface area contributed by atoms with Crippen molar-refractivity contribution in [2.24, 2.45) is 0 Å². The summed E-state index contributed by atoms with van der Waals surface area (Å²) < 4.78 is 43.4. The van der Waals surface area contributed by atoms with E-state index < -0.39 is 40.2 Å². The third-order valence-electron chi connectivity index (χ3n) is 6.33. The largest absolute Gasteiger partial charge is 0.355 e. The number of carbonyl (C=O) groups is 2. The van der Waals surface area contributed by atoms with Gasteiger partial charge in [-0.2, -0.15) is 0 Å². The van der Waals surface area contributed by atoms with E-state index in [1.165, 1.54) is 35.2 Å². The molecule has 0 bridgehead atoms. The summed E-state index contributed by atoms with van der Waals surface area (Å²) in [5.74, 6) is -1.58. The summed E-state index contributed by atoms with van der Waals surface area (Å²) >= 11 is 0. The van der Waals surface area contributed by atoms with Crippen LogP contribution in [0.25, 0.3) is 0 Å². The van der Waals surface area contributed by atoms with Gasteiger partial charge in [-0.3, -0.25) is 13.9 Å². The predicted molar refractivity (Wildman–Crippen MR) is 147 cm³/mol. The molecule has 0 saturated carbocycles. The molecule has 3 aromatic carbocycles. The van der Waals surface area contributed by atoms with Gasteiger partial charge in [-0.05, 0) is 64.4 Å². The fourth-order valence-corrected chi connectivity index (χ4v) is 5.63. The van der Waals surface area contributed by atoms with E-state index in [9.17, 15) is 22.4 Å². The third-order valence-corrected chi connectivity index (χ3v) is 8.10. The molecule has 0 radical (unpaired) electrons. The number of amides is 2. The Balaban J connectivity index is 2.08. The predicted octanol–water partition coefficient (Wildman–Crippen LogP) is 4.50. The first-order chi connectivity index (χ1) is 17.9. The van der Waals surface area contributed by atoms with Crippen LogP contribution in [0, 0.1) is 26.6 Å². The van der Waals surface area contributed by atoms with Crippen LogP contribution in [0.3, 0.4) is 0 Å². The highest BCUT2D eigenvalue weighted by molar-refractivity contribution is 7.92. The molecular weight excluding hydrogens is 505 g/mol. The van der Waals surface area contributed by atoms with Crippen LogP contribution < -0.4 is 9.62 Å². The quantitative estimate of drug-likeness (QED) is 0.411. The van der Waals surface area contributed by atoms with Crippen molar-refractivity contribution in [3.05, 3.63) is 94.8 Å². The van der Waals surface area contributed by atoms with E-state index in [-0.39, 0.29) is 17.0 Å². The maximum Gasteiger partial charge on any atom is 0.264 e. The van der Waals surface area contributed by atoms with Gasteiger partial charge in [0.15, 0.2) is 0 Å². The second kappa shape index (κ2) is 12.2. The van der Waals surface area contributed by atoms with E-state index in [2.05, 4.69) is 5.32 Å². The Bertz CT molecular complexity index is 1410. The zero-order chi connectivity index (χ0) is 28.0. The Kier molecular flexibility index (Phi) is 9.27. The number of halogens is 1. The summed E-state index contributed by atoms with van der Waals surface area (Å²) in [5, 5.41) is 2.68. The van der Waals surface area contributed by atoms with Gasteiger partial charge in [0, 0.05) is 18.7 Å². The minimum atomic E-state index is -4.16. The summed E-state index contributed by atoms with van der Waals surface area (Å²) in [6.07, 6.45) is 0. The molecule has 2 amide bonds. The van der Waals surface area contributed by atoms with Crippen LogP contribution in [0.1, 0.15) is 36.1 Å². The van der Waals surface area contributed by atoms with Gasteiger partial charge in [0.1, 0.15) is 18.4 Å². The smallest absolute Gasteiger partial charge is 0.264 e. The second-order valence-corrected chi connectivity index (χ2v) is 11.2. The van der Waals surface area contributed by atoms with Gasteiger partial charge in [0.25, 0.3) is 10.0 Å². The van der Waals surface area contributed by atoms with Crippen LogP contribution in [0.5, 0.6) is 0 Å². The second-order valence-electron chi connectivity index (χ2n) is 9.30. The van der Waals surface area contributed by atoms with Crippen molar-refractivity contribution in [2.75, 3.05) is 17.4 Å².